The molecule has 0 saturated carbocycles. The molecule has 0 bridgehead atoms. The second kappa shape index (κ2) is 7.38. The van der Waals surface area contributed by atoms with E-state index in [2.05, 4.69) is 10.3 Å². The lowest BCUT2D eigenvalue weighted by Crippen LogP contribution is -2.31. The van der Waals surface area contributed by atoms with Crippen LogP contribution in [0.15, 0.2) is 24.3 Å². The number of nitrogens with one attached hydrogen (secondary N) is 1. The molecule has 5 heteroatoms. The lowest BCUT2D eigenvalue weighted by Gasteiger charge is -2.24. The van der Waals surface area contributed by atoms with Crippen LogP contribution in [0.4, 0.5) is 0 Å². The van der Waals surface area contributed by atoms with Gasteiger partial charge in [-0.05, 0) is 49.9 Å². The van der Waals surface area contributed by atoms with Gasteiger partial charge in [0.1, 0.15) is 0 Å². The van der Waals surface area contributed by atoms with E-state index in [0.29, 0.717) is 11.6 Å². The van der Waals surface area contributed by atoms with Crippen LogP contribution in [-0.2, 0) is 6.54 Å². The number of benzene rings is 1. The summed E-state index contributed by atoms with van der Waals surface area (Å²) in [6.45, 7) is 2.20. The summed E-state index contributed by atoms with van der Waals surface area (Å²) in [7, 11) is 0. The number of likely N-dealkylation sites (tertiary alicyclic amines) is 1. The highest BCUT2D eigenvalue weighted by atomic mass is 16.2. The van der Waals surface area contributed by atoms with Crippen molar-refractivity contribution >= 4 is 5.91 Å². The van der Waals surface area contributed by atoms with Crippen LogP contribution in [0.1, 0.15) is 41.6 Å². The second-order valence-electron chi connectivity index (χ2n) is 5.31. The first kappa shape index (κ1) is 15.0. The van der Waals surface area contributed by atoms with Gasteiger partial charge in [0.15, 0.2) is 0 Å². The summed E-state index contributed by atoms with van der Waals surface area (Å²) < 4.78 is 0. The van der Waals surface area contributed by atoms with Gasteiger partial charge in [0.05, 0.1) is 0 Å². The fraction of sp³-hybridized carbons (Fsp3) is 0.533. The smallest absolute Gasteiger partial charge is 0.265 e. The largest absolute Gasteiger partial charge is 0.396 e. The molecule has 0 aromatic heterocycles. The molecule has 0 radical (unpaired) electrons. The van der Waals surface area contributed by atoms with E-state index in [1.807, 2.05) is 18.2 Å². The molecule has 2 rings (SSSR count). The first-order valence-corrected chi connectivity index (χ1v) is 7.19. The van der Waals surface area contributed by atoms with Crippen molar-refractivity contribution in [3.63, 3.8) is 0 Å². The number of amides is 1. The highest BCUT2D eigenvalue weighted by Gasteiger charge is 2.23. The van der Waals surface area contributed by atoms with Gasteiger partial charge in [-0.2, -0.15) is 0 Å². The molecule has 20 heavy (non-hydrogen) atoms. The Morgan fingerprint density at radius 1 is 1.50 bits per heavy atom. The highest BCUT2D eigenvalue weighted by Crippen LogP contribution is 2.23. The van der Waals surface area contributed by atoms with Crippen LogP contribution in [0, 0.1) is 0 Å². The Kier molecular flexibility index (Phi) is 5.52. The van der Waals surface area contributed by atoms with Gasteiger partial charge in [0, 0.05) is 24.8 Å². The molecule has 1 atom stereocenters. The first-order chi connectivity index (χ1) is 9.74. The van der Waals surface area contributed by atoms with Gasteiger partial charge in [-0.25, -0.2) is 5.84 Å². The number of nitrogens with zero attached hydrogens (tertiary/aromatic N) is 1. The van der Waals surface area contributed by atoms with Crippen molar-refractivity contribution < 1.29 is 9.90 Å². The third-order valence-electron chi connectivity index (χ3n) is 3.90. The SMILES string of the molecule is NNC(=O)c1cccc(CN2CCCC2CCCO)c1. The minimum Gasteiger partial charge on any atom is -0.396 e. The molecule has 5 nitrogen and oxygen atoms in total. The molecule has 110 valence electrons. The molecule has 1 aliphatic heterocycles. The Morgan fingerprint density at radius 3 is 3.10 bits per heavy atom. The Hall–Kier alpha value is -1.43. The summed E-state index contributed by atoms with van der Waals surface area (Å²) in [5, 5.41) is 8.95. The zero-order valence-corrected chi connectivity index (χ0v) is 11.7. The number of hydrogen-bond donors (Lipinski definition) is 3. The van der Waals surface area contributed by atoms with Crippen molar-refractivity contribution in [1.82, 2.24) is 10.3 Å². The monoisotopic (exact) mass is 277 g/mol. The number of hydrazine groups is 1. The van der Waals surface area contributed by atoms with Crippen molar-refractivity contribution in [3.05, 3.63) is 35.4 Å². The molecular weight excluding hydrogens is 254 g/mol. The van der Waals surface area contributed by atoms with Crippen molar-refractivity contribution in [2.75, 3.05) is 13.2 Å². The summed E-state index contributed by atoms with van der Waals surface area (Å²) in [5.41, 5.74) is 3.88. The summed E-state index contributed by atoms with van der Waals surface area (Å²) in [5.74, 6) is 4.90. The van der Waals surface area contributed by atoms with E-state index in [1.54, 1.807) is 6.07 Å². The predicted octanol–water partition coefficient (Wildman–Crippen LogP) is 1.03. The van der Waals surface area contributed by atoms with Gasteiger partial charge in [0.25, 0.3) is 5.91 Å². The fourth-order valence-electron chi connectivity index (χ4n) is 2.89. The minimum absolute atomic E-state index is 0.259. The number of nitrogen functional groups attached to an aromatic ring is 1. The van der Waals surface area contributed by atoms with Crippen LogP contribution < -0.4 is 11.3 Å². The van der Waals surface area contributed by atoms with E-state index < -0.39 is 0 Å². The molecule has 1 saturated heterocycles. The molecule has 1 aromatic carbocycles. The number of hydrogen-bond acceptors (Lipinski definition) is 4. The Balaban J connectivity index is 2.00. The van der Waals surface area contributed by atoms with Crippen LogP contribution in [0.25, 0.3) is 0 Å². The second-order valence-corrected chi connectivity index (χ2v) is 5.31. The van der Waals surface area contributed by atoms with Gasteiger partial charge < -0.3 is 5.11 Å². The van der Waals surface area contributed by atoms with Crippen molar-refractivity contribution in [2.45, 2.75) is 38.3 Å². The Bertz CT molecular complexity index is 450. The van der Waals surface area contributed by atoms with E-state index in [9.17, 15) is 4.79 Å². The summed E-state index contributed by atoms with van der Waals surface area (Å²) in [6.07, 6.45) is 4.30. The maximum Gasteiger partial charge on any atom is 0.265 e. The third-order valence-corrected chi connectivity index (χ3v) is 3.90. The van der Waals surface area contributed by atoms with E-state index in [1.165, 1.54) is 12.8 Å². The molecule has 0 spiro atoms. The molecule has 0 aliphatic carbocycles. The van der Waals surface area contributed by atoms with Crippen molar-refractivity contribution in [3.8, 4) is 0 Å². The summed E-state index contributed by atoms with van der Waals surface area (Å²) in [6, 6.07) is 8.13. The van der Waals surface area contributed by atoms with Gasteiger partial charge in [0.2, 0.25) is 0 Å². The molecular formula is C15H23N3O2. The van der Waals surface area contributed by atoms with E-state index in [-0.39, 0.29) is 12.5 Å². The minimum atomic E-state index is -0.259. The highest BCUT2D eigenvalue weighted by molar-refractivity contribution is 5.93. The van der Waals surface area contributed by atoms with Crippen molar-refractivity contribution in [2.24, 2.45) is 5.84 Å². The summed E-state index contributed by atoms with van der Waals surface area (Å²) >= 11 is 0. The van der Waals surface area contributed by atoms with Gasteiger partial charge in [-0.3, -0.25) is 15.1 Å². The molecule has 1 aromatic rings. The van der Waals surface area contributed by atoms with Crippen LogP contribution in [0.5, 0.6) is 0 Å². The summed E-state index contributed by atoms with van der Waals surface area (Å²) in [4.78, 5) is 14.0. The average molecular weight is 277 g/mol. The molecule has 1 heterocycles. The maximum absolute atomic E-state index is 11.5. The predicted molar refractivity (Wildman–Crippen MR) is 77.8 cm³/mol. The normalized spacial score (nSPS) is 19.2. The third kappa shape index (κ3) is 3.79. The quantitative estimate of drug-likeness (QED) is 0.412. The van der Waals surface area contributed by atoms with Gasteiger partial charge in [-0.1, -0.05) is 12.1 Å². The molecule has 1 aliphatic rings. The zero-order valence-electron chi connectivity index (χ0n) is 11.7. The number of aliphatic hydroxyl groups is 1. The van der Waals surface area contributed by atoms with E-state index in [0.717, 1.165) is 31.5 Å². The number of carbonyl (C=O) groups is 1. The number of rotatable bonds is 6. The number of nitrogens with two attached hydrogens (primary N) is 1. The lowest BCUT2D eigenvalue weighted by molar-refractivity contribution is 0.0953. The van der Waals surface area contributed by atoms with Crippen LogP contribution in [-0.4, -0.2) is 35.1 Å². The number of carbonyl (C=O) groups excluding carboxylic acids is 1. The maximum atomic E-state index is 11.5. The van der Waals surface area contributed by atoms with Crippen LogP contribution in [0.2, 0.25) is 0 Å². The number of aliphatic hydroxyl groups excluding tert-OH is 1. The van der Waals surface area contributed by atoms with Crippen LogP contribution in [0.3, 0.4) is 0 Å². The van der Waals surface area contributed by atoms with E-state index >= 15 is 0 Å². The van der Waals surface area contributed by atoms with Crippen molar-refractivity contribution in [1.29, 1.82) is 0 Å². The standard InChI is InChI=1S/C15H23N3O2/c16-17-15(20)13-5-1-4-12(10-13)11-18-8-2-6-14(18)7-3-9-19/h1,4-5,10,14,19H,2-3,6-9,11,16H2,(H,17,20). The van der Waals surface area contributed by atoms with Crippen LogP contribution >= 0.6 is 0 Å². The molecule has 4 N–H and O–H groups in total. The van der Waals surface area contributed by atoms with Gasteiger partial charge >= 0.3 is 0 Å². The molecule has 1 amide bonds. The zero-order chi connectivity index (χ0) is 14.4. The Labute approximate surface area is 119 Å². The average Bonchev–Trinajstić information content (AvgIpc) is 2.91. The molecule has 1 fully saturated rings. The lowest BCUT2D eigenvalue weighted by atomic mass is 10.1. The topological polar surface area (TPSA) is 78.6 Å². The first-order valence-electron chi connectivity index (χ1n) is 7.19. The van der Waals surface area contributed by atoms with E-state index in [4.69, 9.17) is 10.9 Å². The van der Waals surface area contributed by atoms with Gasteiger partial charge in [-0.15, -0.1) is 0 Å². The fourth-order valence-corrected chi connectivity index (χ4v) is 2.89. The molecule has 1 unspecified atom stereocenters. The Morgan fingerprint density at radius 2 is 2.35 bits per heavy atom.